The molecule has 1 amide bonds. The van der Waals surface area contributed by atoms with E-state index in [4.69, 9.17) is 25.8 Å². The Morgan fingerprint density at radius 1 is 1.25 bits per heavy atom. The van der Waals surface area contributed by atoms with Crippen LogP contribution in [0.2, 0.25) is 5.02 Å². The van der Waals surface area contributed by atoms with Gasteiger partial charge in [0, 0.05) is 17.6 Å². The number of hydrogen-bond acceptors (Lipinski definition) is 4. The number of ether oxygens (including phenoxy) is 3. The Morgan fingerprint density at radius 3 is 2.79 bits per heavy atom. The summed E-state index contributed by atoms with van der Waals surface area (Å²) >= 11 is 5.86. The summed E-state index contributed by atoms with van der Waals surface area (Å²) in [5.74, 6) is -0.865. The Hall–Kier alpha value is -2.08. The molecule has 0 saturated carbocycles. The molecule has 6 heteroatoms. The van der Waals surface area contributed by atoms with Crippen molar-refractivity contribution < 1.29 is 19.0 Å². The van der Waals surface area contributed by atoms with Crippen LogP contribution in [0.4, 0.5) is 5.69 Å². The number of halogens is 1. The smallest absolute Gasteiger partial charge is 0.292 e. The summed E-state index contributed by atoms with van der Waals surface area (Å²) in [4.78, 5) is 14.2. The van der Waals surface area contributed by atoms with E-state index in [1.54, 1.807) is 36.2 Å². The number of benzene rings is 2. The molecule has 2 aliphatic heterocycles. The number of hydrogen-bond donors (Lipinski definition) is 0. The summed E-state index contributed by atoms with van der Waals surface area (Å²) in [7, 11) is 1.72. The molecular formula is C18H16ClNO4. The van der Waals surface area contributed by atoms with Crippen molar-refractivity contribution in [1.29, 1.82) is 0 Å². The Labute approximate surface area is 144 Å². The number of rotatable bonds is 3. The van der Waals surface area contributed by atoms with Crippen molar-refractivity contribution in [2.75, 3.05) is 25.2 Å². The number of carbonyl (C=O) groups excluding carboxylic acids is 1. The van der Waals surface area contributed by atoms with Crippen molar-refractivity contribution in [2.24, 2.45) is 0 Å². The van der Waals surface area contributed by atoms with Crippen LogP contribution in [0.1, 0.15) is 5.56 Å². The predicted octanol–water partition coefficient (Wildman–Crippen LogP) is 2.96. The first-order valence-electron chi connectivity index (χ1n) is 7.68. The van der Waals surface area contributed by atoms with E-state index in [9.17, 15) is 4.79 Å². The molecule has 0 radical (unpaired) electrons. The maximum absolute atomic E-state index is 12.7. The first kappa shape index (κ1) is 15.4. The van der Waals surface area contributed by atoms with Gasteiger partial charge in [0.15, 0.2) is 0 Å². The predicted molar refractivity (Wildman–Crippen MR) is 89.3 cm³/mol. The molecule has 0 aromatic heterocycles. The molecule has 2 aromatic rings. The largest absolute Gasteiger partial charge is 0.491 e. The summed E-state index contributed by atoms with van der Waals surface area (Å²) in [5.41, 5.74) is 1.55. The molecule has 2 aromatic carbocycles. The third-order valence-corrected chi connectivity index (χ3v) is 4.51. The summed E-state index contributed by atoms with van der Waals surface area (Å²) in [6, 6.07) is 14.6. The van der Waals surface area contributed by atoms with Crippen LogP contribution >= 0.6 is 11.6 Å². The lowest BCUT2D eigenvalue weighted by Gasteiger charge is -2.21. The van der Waals surface area contributed by atoms with Crippen molar-refractivity contribution in [3.63, 3.8) is 0 Å². The number of likely N-dealkylation sites (N-methyl/N-ethyl adjacent to an activating group) is 1. The van der Waals surface area contributed by atoms with Crippen molar-refractivity contribution in [1.82, 2.24) is 0 Å². The van der Waals surface area contributed by atoms with E-state index in [2.05, 4.69) is 0 Å². The molecule has 0 unspecified atom stereocenters. The summed E-state index contributed by atoms with van der Waals surface area (Å²) < 4.78 is 17.5. The van der Waals surface area contributed by atoms with Crippen LogP contribution in [-0.2, 0) is 20.1 Å². The lowest BCUT2D eigenvalue weighted by molar-refractivity contribution is -0.187. The van der Waals surface area contributed by atoms with E-state index in [1.807, 2.05) is 24.3 Å². The topological polar surface area (TPSA) is 48.0 Å². The first-order chi connectivity index (χ1) is 11.6. The molecule has 5 nitrogen and oxygen atoms in total. The number of nitrogens with zero attached hydrogens (tertiary/aromatic N) is 1. The van der Waals surface area contributed by atoms with Crippen LogP contribution in [0.5, 0.6) is 5.75 Å². The van der Waals surface area contributed by atoms with Gasteiger partial charge in [0.1, 0.15) is 18.5 Å². The number of anilines is 1. The molecule has 124 valence electrons. The van der Waals surface area contributed by atoms with Gasteiger partial charge in [-0.05, 0) is 30.3 Å². The highest BCUT2D eigenvalue weighted by molar-refractivity contribution is 6.30. The van der Waals surface area contributed by atoms with E-state index in [1.165, 1.54) is 0 Å². The third-order valence-electron chi connectivity index (χ3n) is 4.26. The lowest BCUT2D eigenvalue weighted by atomic mass is 10.1. The molecular weight excluding hydrogens is 330 g/mol. The maximum Gasteiger partial charge on any atom is 0.292 e. The van der Waals surface area contributed by atoms with Crippen LogP contribution in [0, 0.1) is 0 Å². The van der Waals surface area contributed by atoms with Crippen molar-refractivity contribution in [2.45, 2.75) is 11.9 Å². The summed E-state index contributed by atoms with van der Waals surface area (Å²) in [5, 5.41) is 0.651. The van der Waals surface area contributed by atoms with E-state index in [0.29, 0.717) is 24.0 Å². The Kier molecular flexibility index (Phi) is 3.72. The monoisotopic (exact) mass is 345 g/mol. The molecule has 24 heavy (non-hydrogen) atoms. The minimum atomic E-state index is -1.35. The van der Waals surface area contributed by atoms with Crippen LogP contribution in [0.15, 0.2) is 48.5 Å². The van der Waals surface area contributed by atoms with Gasteiger partial charge in [0.25, 0.3) is 11.7 Å². The fraction of sp³-hybridized carbons (Fsp3) is 0.278. The van der Waals surface area contributed by atoms with Crippen molar-refractivity contribution >= 4 is 23.2 Å². The van der Waals surface area contributed by atoms with Crippen LogP contribution < -0.4 is 9.64 Å². The summed E-state index contributed by atoms with van der Waals surface area (Å²) in [6.45, 7) is 0.587. The molecule has 1 spiro atoms. The van der Waals surface area contributed by atoms with Crippen LogP contribution in [-0.4, -0.2) is 32.3 Å². The highest BCUT2D eigenvalue weighted by atomic mass is 35.5. The number of fused-ring (bicyclic) bond motifs is 2. The molecule has 1 saturated heterocycles. The average molecular weight is 346 g/mol. The van der Waals surface area contributed by atoms with Gasteiger partial charge in [0.05, 0.1) is 12.3 Å². The molecule has 1 fully saturated rings. The fourth-order valence-corrected chi connectivity index (χ4v) is 3.18. The fourth-order valence-electron chi connectivity index (χ4n) is 3.06. The standard InChI is InChI=1S/C18H16ClNO4/c1-20-16-5-3-2-4-15(16)18(17(20)21)23-11-14(24-18)10-22-13-8-6-12(19)7-9-13/h2-9,14H,10-11H2,1H3/t14-,18-/m1/s1. The SMILES string of the molecule is CN1C(=O)[C@@]2(OC[C@@H](COc3ccc(Cl)cc3)O2)c2ccccc21. The quantitative estimate of drug-likeness (QED) is 0.858. The molecule has 0 aliphatic carbocycles. The second-order valence-electron chi connectivity index (χ2n) is 5.81. The van der Waals surface area contributed by atoms with E-state index in [0.717, 1.165) is 11.3 Å². The van der Waals surface area contributed by atoms with Gasteiger partial charge in [-0.1, -0.05) is 29.8 Å². The molecule has 4 rings (SSSR count). The van der Waals surface area contributed by atoms with E-state index >= 15 is 0 Å². The second kappa shape index (κ2) is 5.77. The van der Waals surface area contributed by atoms with Gasteiger partial charge in [0.2, 0.25) is 0 Å². The second-order valence-corrected chi connectivity index (χ2v) is 6.25. The summed E-state index contributed by atoms with van der Waals surface area (Å²) in [6.07, 6.45) is -0.329. The highest BCUT2D eigenvalue weighted by Crippen LogP contribution is 2.46. The lowest BCUT2D eigenvalue weighted by Crippen LogP contribution is -2.40. The highest BCUT2D eigenvalue weighted by Gasteiger charge is 2.57. The Balaban J connectivity index is 1.50. The molecule has 2 heterocycles. The van der Waals surface area contributed by atoms with Crippen LogP contribution in [0.25, 0.3) is 0 Å². The molecule has 0 N–H and O–H groups in total. The minimum Gasteiger partial charge on any atom is -0.491 e. The zero-order chi connectivity index (χ0) is 16.7. The third kappa shape index (κ3) is 2.36. The van der Waals surface area contributed by atoms with Crippen LogP contribution in [0.3, 0.4) is 0 Å². The van der Waals surface area contributed by atoms with Gasteiger partial charge in [-0.25, -0.2) is 0 Å². The Bertz CT molecular complexity index is 779. The van der Waals surface area contributed by atoms with E-state index in [-0.39, 0.29) is 12.0 Å². The minimum absolute atomic E-state index is 0.210. The molecule has 2 atom stereocenters. The zero-order valence-electron chi connectivity index (χ0n) is 13.1. The first-order valence-corrected chi connectivity index (χ1v) is 8.06. The van der Waals surface area contributed by atoms with Crippen molar-refractivity contribution in [3.8, 4) is 5.75 Å². The number of para-hydroxylation sites is 1. The maximum atomic E-state index is 12.7. The number of amides is 1. The number of carbonyl (C=O) groups is 1. The normalized spacial score (nSPS) is 25.3. The molecule has 2 aliphatic rings. The van der Waals surface area contributed by atoms with Gasteiger partial charge in [-0.15, -0.1) is 0 Å². The van der Waals surface area contributed by atoms with Gasteiger partial charge in [-0.2, -0.15) is 0 Å². The van der Waals surface area contributed by atoms with Crippen molar-refractivity contribution in [3.05, 3.63) is 59.1 Å². The van der Waals surface area contributed by atoms with Gasteiger partial charge in [-0.3, -0.25) is 4.79 Å². The van der Waals surface area contributed by atoms with Gasteiger partial charge >= 0.3 is 0 Å². The Morgan fingerprint density at radius 2 is 2.00 bits per heavy atom. The zero-order valence-corrected chi connectivity index (χ0v) is 13.8. The molecule has 0 bridgehead atoms. The van der Waals surface area contributed by atoms with E-state index < -0.39 is 5.79 Å². The van der Waals surface area contributed by atoms with Gasteiger partial charge < -0.3 is 19.1 Å². The average Bonchev–Trinajstić information content (AvgIpc) is 3.12.